The Labute approximate surface area is 242 Å². The quantitative estimate of drug-likeness (QED) is 0.171. The molecule has 0 saturated heterocycles. The van der Waals surface area contributed by atoms with Crippen LogP contribution < -0.4 is 25.4 Å². The molecule has 0 unspecified atom stereocenters. The van der Waals surface area contributed by atoms with Gasteiger partial charge in [-0.05, 0) is 54.4 Å². The molecule has 0 aliphatic heterocycles. The molecular formula is C31H30N6O3S. The van der Waals surface area contributed by atoms with Gasteiger partial charge >= 0.3 is 0 Å². The van der Waals surface area contributed by atoms with E-state index in [1.807, 2.05) is 48.5 Å². The van der Waals surface area contributed by atoms with Crippen molar-refractivity contribution < 1.29 is 14.3 Å². The normalized spacial score (nSPS) is 11.3. The zero-order valence-electron chi connectivity index (χ0n) is 23.2. The van der Waals surface area contributed by atoms with Gasteiger partial charge in [0.25, 0.3) is 5.91 Å². The van der Waals surface area contributed by atoms with Crippen LogP contribution in [0.15, 0.2) is 78.3 Å². The predicted octanol–water partition coefficient (Wildman–Crippen LogP) is 6.74. The maximum atomic E-state index is 11.9. The van der Waals surface area contributed by atoms with Crippen LogP contribution in [0.25, 0.3) is 27.4 Å². The molecule has 3 N–H and O–H groups in total. The van der Waals surface area contributed by atoms with Gasteiger partial charge in [0.2, 0.25) is 0 Å². The Kier molecular flexibility index (Phi) is 8.40. The first-order chi connectivity index (χ1) is 20.0. The SMILES string of the molecule is CC/C=C(/Nc1ccc(C(=O)NC)cc1)c1cccc(-c2nc(Nc3ccc(OC)c(OC)c3)c3ncsc3n2)c1. The number of hydrogen-bond acceptors (Lipinski definition) is 9. The van der Waals surface area contributed by atoms with Crippen LogP contribution in [0, 0.1) is 0 Å². The second-order valence-electron chi connectivity index (χ2n) is 8.99. The maximum Gasteiger partial charge on any atom is 0.251 e. The molecule has 2 heterocycles. The van der Waals surface area contributed by atoms with Gasteiger partial charge in [0.15, 0.2) is 23.1 Å². The topological polar surface area (TPSA) is 110 Å². The molecule has 208 valence electrons. The number of fused-ring (bicyclic) bond motifs is 1. The fourth-order valence-electron chi connectivity index (χ4n) is 4.30. The van der Waals surface area contributed by atoms with Gasteiger partial charge in [-0.25, -0.2) is 15.0 Å². The van der Waals surface area contributed by atoms with Gasteiger partial charge in [-0.2, -0.15) is 0 Å². The molecule has 10 heteroatoms. The predicted molar refractivity (Wildman–Crippen MR) is 165 cm³/mol. The molecular weight excluding hydrogens is 536 g/mol. The number of methoxy groups -OCH3 is 2. The highest BCUT2D eigenvalue weighted by Gasteiger charge is 2.15. The summed E-state index contributed by atoms with van der Waals surface area (Å²) < 4.78 is 10.8. The van der Waals surface area contributed by atoms with Crippen LogP contribution in [0.3, 0.4) is 0 Å². The lowest BCUT2D eigenvalue weighted by Crippen LogP contribution is -2.17. The van der Waals surface area contributed by atoms with Crippen molar-refractivity contribution in [2.24, 2.45) is 0 Å². The standard InChI is InChI=1S/C31H30N6O3S/c1-5-7-24(34-22-12-10-19(11-13-22)30(38)32-2)20-8-6-9-21(16-20)28-36-29(27-31(37-28)41-18-33-27)35-23-14-15-25(39-3)26(17-23)40-4/h6-18,34H,5H2,1-4H3,(H,32,38)(H,35,36,37)/b24-7+. The van der Waals surface area contributed by atoms with E-state index in [4.69, 9.17) is 19.4 Å². The maximum absolute atomic E-state index is 11.9. The number of aromatic nitrogens is 3. The Bertz CT molecular complexity index is 1720. The van der Waals surface area contributed by atoms with Crippen LogP contribution in [-0.4, -0.2) is 42.1 Å². The first-order valence-electron chi connectivity index (χ1n) is 13.0. The van der Waals surface area contributed by atoms with Crippen molar-refractivity contribution in [2.75, 3.05) is 31.9 Å². The van der Waals surface area contributed by atoms with Gasteiger partial charge in [0.05, 0.1) is 19.7 Å². The van der Waals surface area contributed by atoms with Gasteiger partial charge in [0.1, 0.15) is 10.3 Å². The van der Waals surface area contributed by atoms with Gasteiger partial charge < -0.3 is 25.4 Å². The second-order valence-corrected chi connectivity index (χ2v) is 9.82. The summed E-state index contributed by atoms with van der Waals surface area (Å²) in [6.45, 7) is 2.09. The molecule has 0 spiro atoms. The van der Waals surface area contributed by atoms with E-state index in [1.165, 1.54) is 11.3 Å². The molecule has 0 fully saturated rings. The molecule has 1 amide bonds. The molecule has 0 aliphatic rings. The molecule has 3 aromatic carbocycles. The van der Waals surface area contributed by atoms with Crippen molar-refractivity contribution in [1.82, 2.24) is 20.3 Å². The molecule has 5 aromatic rings. The molecule has 41 heavy (non-hydrogen) atoms. The molecule has 2 aromatic heterocycles. The summed E-state index contributed by atoms with van der Waals surface area (Å²) in [6, 6.07) is 21.1. The summed E-state index contributed by atoms with van der Waals surface area (Å²) in [5.41, 5.74) is 7.54. The van der Waals surface area contributed by atoms with E-state index < -0.39 is 0 Å². The van der Waals surface area contributed by atoms with E-state index in [9.17, 15) is 4.79 Å². The molecule has 0 radical (unpaired) electrons. The summed E-state index contributed by atoms with van der Waals surface area (Å²) in [6.07, 6.45) is 2.97. The number of benzene rings is 3. The molecule has 0 bridgehead atoms. The second kappa shape index (κ2) is 12.5. The highest BCUT2D eigenvalue weighted by Crippen LogP contribution is 2.34. The number of thiazole rings is 1. The van der Waals surface area contributed by atoms with Crippen molar-refractivity contribution in [2.45, 2.75) is 13.3 Å². The van der Waals surface area contributed by atoms with Crippen LogP contribution in [0.1, 0.15) is 29.3 Å². The van der Waals surface area contributed by atoms with E-state index in [0.29, 0.717) is 34.2 Å². The molecule has 0 atom stereocenters. The zero-order valence-corrected chi connectivity index (χ0v) is 24.0. The average molecular weight is 567 g/mol. The Balaban J connectivity index is 1.47. The largest absolute Gasteiger partial charge is 0.493 e. The number of amides is 1. The Morgan fingerprint density at radius 1 is 0.927 bits per heavy atom. The fraction of sp³-hybridized carbons (Fsp3) is 0.161. The Morgan fingerprint density at radius 3 is 2.44 bits per heavy atom. The number of nitrogens with one attached hydrogen (secondary N) is 3. The monoisotopic (exact) mass is 566 g/mol. The zero-order chi connectivity index (χ0) is 28.8. The lowest BCUT2D eigenvalue weighted by Gasteiger charge is -2.14. The highest BCUT2D eigenvalue weighted by atomic mass is 32.1. The lowest BCUT2D eigenvalue weighted by molar-refractivity contribution is 0.0963. The van der Waals surface area contributed by atoms with E-state index >= 15 is 0 Å². The third-order valence-corrected chi connectivity index (χ3v) is 7.06. The molecule has 0 saturated carbocycles. The van der Waals surface area contributed by atoms with Crippen LogP contribution in [0.5, 0.6) is 11.5 Å². The van der Waals surface area contributed by atoms with Crippen LogP contribution in [-0.2, 0) is 0 Å². The van der Waals surface area contributed by atoms with Crippen LogP contribution in [0.2, 0.25) is 0 Å². The number of anilines is 3. The Hall–Kier alpha value is -4.96. The average Bonchev–Trinajstić information content (AvgIpc) is 3.50. The minimum absolute atomic E-state index is 0.119. The molecule has 0 aliphatic carbocycles. The third-order valence-electron chi connectivity index (χ3n) is 6.34. The number of ether oxygens (including phenoxy) is 2. The van der Waals surface area contributed by atoms with Crippen molar-refractivity contribution in [3.8, 4) is 22.9 Å². The smallest absolute Gasteiger partial charge is 0.251 e. The van der Waals surface area contributed by atoms with E-state index in [1.54, 1.807) is 38.9 Å². The summed E-state index contributed by atoms with van der Waals surface area (Å²) in [5.74, 6) is 2.32. The van der Waals surface area contributed by atoms with Crippen molar-refractivity contribution in [1.29, 1.82) is 0 Å². The van der Waals surface area contributed by atoms with Crippen molar-refractivity contribution in [3.63, 3.8) is 0 Å². The summed E-state index contributed by atoms with van der Waals surface area (Å²) in [5, 5.41) is 9.52. The number of carbonyl (C=O) groups is 1. The van der Waals surface area contributed by atoms with Gasteiger partial charge in [0, 0.05) is 41.3 Å². The number of nitrogens with zero attached hydrogens (tertiary/aromatic N) is 3. The van der Waals surface area contributed by atoms with Crippen molar-refractivity contribution >= 4 is 50.5 Å². The molecule has 5 rings (SSSR count). The number of hydrogen-bond donors (Lipinski definition) is 3. The van der Waals surface area contributed by atoms with Crippen LogP contribution >= 0.6 is 11.3 Å². The first-order valence-corrected chi connectivity index (χ1v) is 13.9. The van der Waals surface area contributed by atoms with E-state index in [-0.39, 0.29) is 5.91 Å². The summed E-state index contributed by atoms with van der Waals surface area (Å²) in [4.78, 5) is 26.9. The summed E-state index contributed by atoms with van der Waals surface area (Å²) >= 11 is 1.46. The number of carbonyl (C=O) groups excluding carboxylic acids is 1. The minimum Gasteiger partial charge on any atom is -0.493 e. The number of rotatable bonds is 10. The first kappa shape index (κ1) is 27.6. The highest BCUT2D eigenvalue weighted by molar-refractivity contribution is 7.16. The fourth-order valence-corrected chi connectivity index (χ4v) is 4.96. The summed E-state index contributed by atoms with van der Waals surface area (Å²) in [7, 11) is 4.83. The lowest BCUT2D eigenvalue weighted by atomic mass is 10.1. The van der Waals surface area contributed by atoms with Gasteiger partial charge in [-0.15, -0.1) is 11.3 Å². The number of allylic oxidation sites excluding steroid dienone is 1. The van der Waals surface area contributed by atoms with Gasteiger partial charge in [-0.3, -0.25) is 4.79 Å². The van der Waals surface area contributed by atoms with E-state index in [0.717, 1.165) is 39.4 Å². The van der Waals surface area contributed by atoms with Crippen molar-refractivity contribution in [3.05, 3.63) is 89.4 Å². The van der Waals surface area contributed by atoms with E-state index in [2.05, 4.69) is 40.0 Å². The third kappa shape index (κ3) is 6.12. The van der Waals surface area contributed by atoms with Gasteiger partial charge in [-0.1, -0.05) is 31.2 Å². The minimum atomic E-state index is -0.119. The van der Waals surface area contributed by atoms with Crippen LogP contribution in [0.4, 0.5) is 17.2 Å². The Morgan fingerprint density at radius 2 is 1.71 bits per heavy atom. The molecule has 9 nitrogen and oxygen atoms in total.